The summed E-state index contributed by atoms with van der Waals surface area (Å²) in [6.07, 6.45) is 7.36. The van der Waals surface area contributed by atoms with E-state index in [1.165, 1.54) is 25.7 Å². The number of hydrogen-bond acceptors (Lipinski definition) is 10. The van der Waals surface area contributed by atoms with Crippen molar-refractivity contribution in [3.8, 4) is 11.4 Å². The smallest absolute Gasteiger partial charge is 0.323 e. The van der Waals surface area contributed by atoms with Crippen LogP contribution in [0.25, 0.3) is 11.4 Å². The lowest BCUT2D eigenvalue weighted by molar-refractivity contribution is 0.0573. The summed E-state index contributed by atoms with van der Waals surface area (Å²) < 4.78 is 11.4. The number of benzene rings is 2. The molecular formula is C36H45N9O4. The minimum absolute atomic E-state index is 0.0434. The fourth-order valence-electron chi connectivity index (χ4n) is 7.89. The van der Waals surface area contributed by atoms with Crippen LogP contribution in [0.2, 0.25) is 0 Å². The molecule has 5 aliphatic rings. The van der Waals surface area contributed by atoms with Crippen molar-refractivity contribution in [2.75, 3.05) is 86.1 Å². The van der Waals surface area contributed by atoms with Gasteiger partial charge in [0.1, 0.15) is 0 Å². The van der Waals surface area contributed by atoms with E-state index in [1.54, 1.807) is 24.3 Å². The predicted molar refractivity (Wildman–Crippen MR) is 187 cm³/mol. The highest BCUT2D eigenvalue weighted by atomic mass is 16.5. The molecule has 4 saturated heterocycles. The summed E-state index contributed by atoms with van der Waals surface area (Å²) in [4.78, 5) is 49.7. The van der Waals surface area contributed by atoms with Crippen molar-refractivity contribution in [3.05, 3.63) is 54.1 Å². The summed E-state index contributed by atoms with van der Waals surface area (Å²) in [6, 6.07) is 15.5. The highest BCUT2D eigenvalue weighted by Gasteiger charge is 2.39. The Morgan fingerprint density at radius 3 is 1.92 bits per heavy atom. The van der Waals surface area contributed by atoms with Crippen LogP contribution >= 0.6 is 0 Å². The third-order valence-electron chi connectivity index (χ3n) is 10.6. The molecule has 3 amide bonds. The van der Waals surface area contributed by atoms with E-state index in [4.69, 9.17) is 24.4 Å². The summed E-state index contributed by atoms with van der Waals surface area (Å²) >= 11 is 0. The van der Waals surface area contributed by atoms with Gasteiger partial charge in [-0.15, -0.1) is 0 Å². The van der Waals surface area contributed by atoms with Gasteiger partial charge in [0.15, 0.2) is 5.82 Å². The number of amides is 3. The second-order valence-corrected chi connectivity index (χ2v) is 13.7. The molecule has 13 nitrogen and oxygen atoms in total. The van der Waals surface area contributed by atoms with Crippen molar-refractivity contribution in [2.24, 2.45) is 0 Å². The van der Waals surface area contributed by atoms with E-state index in [9.17, 15) is 9.59 Å². The highest BCUT2D eigenvalue weighted by molar-refractivity contribution is 6.00. The van der Waals surface area contributed by atoms with Gasteiger partial charge in [0.2, 0.25) is 11.9 Å². The second kappa shape index (κ2) is 14.3. The van der Waals surface area contributed by atoms with Crippen LogP contribution in [-0.2, 0) is 9.47 Å². The third kappa shape index (κ3) is 7.06. The van der Waals surface area contributed by atoms with Gasteiger partial charge in [-0.05, 0) is 74.2 Å². The molecule has 258 valence electrons. The molecule has 8 rings (SSSR count). The van der Waals surface area contributed by atoms with Gasteiger partial charge in [0.05, 0.1) is 38.5 Å². The predicted octanol–water partition coefficient (Wildman–Crippen LogP) is 4.09. The Bertz CT molecular complexity index is 1600. The maximum Gasteiger partial charge on any atom is 0.323 e. The zero-order chi connectivity index (χ0) is 33.2. The van der Waals surface area contributed by atoms with Crippen LogP contribution in [0.1, 0.15) is 48.9 Å². The molecule has 2 bridgehead atoms. The number of anilines is 4. The fourth-order valence-corrected chi connectivity index (χ4v) is 7.89. The molecule has 5 fully saturated rings. The molecule has 2 aromatic carbocycles. The van der Waals surface area contributed by atoms with Gasteiger partial charge < -0.3 is 34.8 Å². The molecule has 1 aromatic heterocycles. The van der Waals surface area contributed by atoms with E-state index >= 15 is 0 Å². The number of nitrogens with zero attached hydrogens (tertiary/aromatic N) is 7. The minimum atomic E-state index is -0.366. The number of ether oxygens (including phenoxy) is 2. The number of hydrogen-bond donors (Lipinski definition) is 2. The number of urea groups is 1. The van der Waals surface area contributed by atoms with Crippen molar-refractivity contribution in [1.82, 2.24) is 24.8 Å². The quantitative estimate of drug-likeness (QED) is 0.381. The van der Waals surface area contributed by atoms with Crippen LogP contribution < -0.4 is 20.4 Å². The summed E-state index contributed by atoms with van der Waals surface area (Å²) in [7, 11) is 0. The minimum Gasteiger partial charge on any atom is -0.378 e. The van der Waals surface area contributed by atoms with Gasteiger partial charge in [-0.3, -0.25) is 9.69 Å². The number of rotatable bonds is 7. The van der Waals surface area contributed by atoms with Crippen LogP contribution in [0.3, 0.4) is 0 Å². The van der Waals surface area contributed by atoms with Gasteiger partial charge in [-0.2, -0.15) is 15.0 Å². The van der Waals surface area contributed by atoms with Gasteiger partial charge in [0.25, 0.3) is 5.91 Å². The molecule has 0 radical (unpaired) electrons. The van der Waals surface area contributed by atoms with Crippen molar-refractivity contribution >= 4 is 35.2 Å². The highest BCUT2D eigenvalue weighted by Crippen LogP contribution is 2.34. The normalized spacial score (nSPS) is 23.1. The maximum atomic E-state index is 13.1. The number of carbonyl (C=O) groups excluding carboxylic acids is 2. The van der Waals surface area contributed by atoms with Crippen LogP contribution in [0.15, 0.2) is 48.5 Å². The van der Waals surface area contributed by atoms with Crippen LogP contribution in [0, 0.1) is 0 Å². The summed E-state index contributed by atoms with van der Waals surface area (Å²) in [5, 5.41) is 5.78. The standard InChI is InChI=1S/C36H45N9O4/c46-33(43-17-15-42(16-18-43)29-3-1-2-4-29)26-7-11-28(12-8-26)38-36(47)37-27-9-5-25(6-10-27)32-39-34(44-19-21-48-22-20-44)41-35(40-32)45-30-13-14-31(45)24-49-23-30/h5-12,29-31H,1-4,13-24H2,(H2,37,38,47). The van der Waals surface area contributed by atoms with E-state index in [1.807, 2.05) is 29.2 Å². The molecule has 0 spiro atoms. The second-order valence-electron chi connectivity index (χ2n) is 13.7. The van der Waals surface area contributed by atoms with Crippen molar-refractivity contribution in [3.63, 3.8) is 0 Å². The molecule has 3 aromatic rings. The molecule has 49 heavy (non-hydrogen) atoms. The van der Waals surface area contributed by atoms with Crippen molar-refractivity contribution in [2.45, 2.75) is 56.7 Å². The Kier molecular flexibility index (Phi) is 9.29. The topological polar surface area (TPSA) is 128 Å². The lowest BCUT2D eigenvalue weighted by atomic mass is 10.1. The number of aromatic nitrogens is 3. The number of nitrogens with one attached hydrogen (secondary N) is 2. The molecule has 1 saturated carbocycles. The lowest BCUT2D eigenvalue weighted by Crippen LogP contribution is -2.51. The van der Waals surface area contributed by atoms with Crippen LogP contribution in [-0.4, -0.2) is 121 Å². The maximum absolute atomic E-state index is 13.1. The first-order valence-corrected chi connectivity index (χ1v) is 17.8. The number of fused-ring (bicyclic) bond motifs is 2. The third-order valence-corrected chi connectivity index (χ3v) is 10.6. The van der Waals surface area contributed by atoms with Crippen molar-refractivity contribution in [1.29, 1.82) is 0 Å². The van der Waals surface area contributed by atoms with Gasteiger partial charge in [-0.25, -0.2) is 4.79 Å². The van der Waals surface area contributed by atoms with Crippen molar-refractivity contribution < 1.29 is 19.1 Å². The Morgan fingerprint density at radius 1 is 0.653 bits per heavy atom. The Hall–Kier alpha value is -4.33. The zero-order valence-corrected chi connectivity index (χ0v) is 27.9. The fraction of sp³-hybridized carbons (Fsp3) is 0.528. The first-order chi connectivity index (χ1) is 24.1. The summed E-state index contributed by atoms with van der Waals surface area (Å²) in [5.41, 5.74) is 2.72. The molecule has 13 heteroatoms. The van der Waals surface area contributed by atoms with Gasteiger partial charge >= 0.3 is 6.03 Å². The Morgan fingerprint density at radius 2 is 1.27 bits per heavy atom. The van der Waals surface area contributed by atoms with Gasteiger partial charge in [-0.1, -0.05) is 12.8 Å². The Labute approximate surface area is 287 Å². The van der Waals surface area contributed by atoms with E-state index < -0.39 is 0 Å². The molecule has 1 aliphatic carbocycles. The number of carbonyl (C=O) groups is 2. The first-order valence-electron chi connectivity index (χ1n) is 17.8. The summed E-state index contributed by atoms with van der Waals surface area (Å²) in [5.74, 6) is 1.99. The van der Waals surface area contributed by atoms with E-state index in [0.717, 1.165) is 57.7 Å². The molecule has 2 atom stereocenters. The first kappa shape index (κ1) is 31.9. The zero-order valence-electron chi connectivity index (χ0n) is 27.9. The monoisotopic (exact) mass is 667 g/mol. The number of piperazine rings is 1. The average molecular weight is 668 g/mol. The molecule has 2 N–H and O–H groups in total. The summed E-state index contributed by atoms with van der Waals surface area (Å²) in [6.45, 7) is 7.52. The molecule has 4 aliphatic heterocycles. The number of morpholine rings is 2. The molecule has 5 heterocycles. The van der Waals surface area contributed by atoms with Gasteiger partial charge in [0, 0.05) is 67.8 Å². The lowest BCUT2D eigenvalue weighted by Gasteiger charge is -2.38. The largest absolute Gasteiger partial charge is 0.378 e. The molecular weight excluding hydrogens is 622 g/mol. The molecule has 2 unspecified atom stereocenters. The average Bonchev–Trinajstić information content (AvgIpc) is 3.78. The van der Waals surface area contributed by atoms with Crippen LogP contribution in [0.4, 0.5) is 28.1 Å². The van der Waals surface area contributed by atoms with E-state index in [2.05, 4.69) is 25.3 Å². The van der Waals surface area contributed by atoms with E-state index in [-0.39, 0.29) is 24.0 Å². The SMILES string of the molecule is O=C(Nc1ccc(C(=O)N2CCN(C3CCCC3)CC2)cc1)Nc1ccc(-c2nc(N3CCOCC3)nc(N3C4CCC3COC4)n2)cc1. The van der Waals surface area contributed by atoms with E-state index in [0.29, 0.717) is 67.1 Å². The van der Waals surface area contributed by atoms with Crippen LogP contribution in [0.5, 0.6) is 0 Å². The Balaban J connectivity index is 0.894.